The molecule has 1 aliphatic carbocycles. The van der Waals surface area contributed by atoms with E-state index in [2.05, 4.69) is 15.3 Å². The first-order valence-corrected chi connectivity index (χ1v) is 12.2. The molecule has 5 rings (SSSR count). The third-order valence-corrected chi connectivity index (χ3v) is 7.31. The summed E-state index contributed by atoms with van der Waals surface area (Å²) < 4.78 is 48.2. The van der Waals surface area contributed by atoms with E-state index in [-0.39, 0.29) is 25.2 Å². The van der Waals surface area contributed by atoms with Gasteiger partial charge in [0, 0.05) is 24.2 Å². The monoisotopic (exact) mass is 489 g/mol. The number of anilines is 2. The number of hydrogen-bond donors (Lipinski definition) is 1. The van der Waals surface area contributed by atoms with Gasteiger partial charge in [0.15, 0.2) is 0 Å². The standard InChI is InChI=1S/C25H30F3N5O2/c1-15-8-10-32(14-25(15,27)28)12-19-6-5-18(11-20(19)26)16(2)30-23-29-9-7-22(31-23)33-21(17-3-4-17)13-35-24(33)34/h5-7,9,11,15-17,21H,3-4,8,10,12-14H2,1-2H3,(H,29,30,31)/t15?,16-,21+/m0/s1. The first-order chi connectivity index (χ1) is 16.7. The van der Waals surface area contributed by atoms with Crippen molar-refractivity contribution in [2.45, 2.75) is 57.7 Å². The number of alkyl halides is 2. The molecule has 2 aliphatic heterocycles. The van der Waals surface area contributed by atoms with Crippen LogP contribution < -0.4 is 10.2 Å². The van der Waals surface area contributed by atoms with Crippen molar-refractivity contribution in [1.82, 2.24) is 14.9 Å². The summed E-state index contributed by atoms with van der Waals surface area (Å²) in [5.41, 5.74) is 1.07. The molecule has 0 bridgehead atoms. The van der Waals surface area contributed by atoms with Gasteiger partial charge in [-0.05, 0) is 56.3 Å². The van der Waals surface area contributed by atoms with Crippen LogP contribution >= 0.6 is 0 Å². The molecule has 1 saturated carbocycles. The van der Waals surface area contributed by atoms with Crippen LogP contribution in [-0.2, 0) is 11.3 Å². The second-order valence-corrected chi connectivity index (χ2v) is 9.97. The summed E-state index contributed by atoms with van der Waals surface area (Å²) in [6, 6.07) is 6.20. The van der Waals surface area contributed by atoms with Gasteiger partial charge < -0.3 is 10.1 Å². The van der Waals surface area contributed by atoms with Gasteiger partial charge in [-0.1, -0.05) is 19.1 Å². The molecule has 35 heavy (non-hydrogen) atoms. The van der Waals surface area contributed by atoms with E-state index in [9.17, 15) is 18.0 Å². The number of nitrogens with one attached hydrogen (secondary N) is 1. The van der Waals surface area contributed by atoms with E-state index in [1.54, 1.807) is 41.1 Å². The molecular weight excluding hydrogens is 459 g/mol. The van der Waals surface area contributed by atoms with Crippen molar-refractivity contribution in [2.75, 3.05) is 29.9 Å². The molecule has 1 aromatic heterocycles. The van der Waals surface area contributed by atoms with Crippen LogP contribution in [0.15, 0.2) is 30.5 Å². The summed E-state index contributed by atoms with van der Waals surface area (Å²) in [5.74, 6) is -2.62. The summed E-state index contributed by atoms with van der Waals surface area (Å²) in [6.45, 7) is 4.10. The molecule has 0 spiro atoms. The Morgan fingerprint density at radius 1 is 1.26 bits per heavy atom. The van der Waals surface area contributed by atoms with Crippen LogP contribution in [0.4, 0.5) is 29.7 Å². The smallest absolute Gasteiger partial charge is 0.415 e. The maximum atomic E-state index is 14.9. The fourth-order valence-corrected chi connectivity index (χ4v) is 4.81. The Kier molecular flexibility index (Phi) is 6.33. The number of rotatable bonds is 7. The predicted octanol–water partition coefficient (Wildman–Crippen LogP) is 5.00. The van der Waals surface area contributed by atoms with E-state index >= 15 is 0 Å². The minimum Gasteiger partial charge on any atom is -0.447 e. The average molecular weight is 490 g/mol. The Morgan fingerprint density at radius 2 is 2.06 bits per heavy atom. The first-order valence-electron chi connectivity index (χ1n) is 12.2. The van der Waals surface area contributed by atoms with Crippen LogP contribution in [0.1, 0.15) is 50.3 Å². The highest BCUT2D eigenvalue weighted by Gasteiger charge is 2.44. The molecule has 7 nitrogen and oxygen atoms in total. The molecule has 1 unspecified atom stereocenters. The summed E-state index contributed by atoms with van der Waals surface area (Å²) >= 11 is 0. The van der Waals surface area contributed by atoms with Crippen molar-refractivity contribution >= 4 is 17.9 Å². The predicted molar refractivity (Wildman–Crippen MR) is 125 cm³/mol. The Labute approximate surface area is 202 Å². The molecule has 188 valence electrons. The lowest BCUT2D eigenvalue weighted by Crippen LogP contribution is -2.47. The number of amides is 1. The molecule has 3 heterocycles. The van der Waals surface area contributed by atoms with Crippen LogP contribution in [0, 0.1) is 17.7 Å². The number of aromatic nitrogens is 2. The Bertz CT molecular complexity index is 1100. The van der Waals surface area contributed by atoms with Crippen molar-refractivity contribution in [3.8, 4) is 0 Å². The van der Waals surface area contributed by atoms with Gasteiger partial charge in [0.1, 0.15) is 18.2 Å². The summed E-state index contributed by atoms with van der Waals surface area (Å²) in [5, 5.41) is 3.16. The number of cyclic esters (lactones) is 1. The fraction of sp³-hybridized carbons (Fsp3) is 0.560. The highest BCUT2D eigenvalue weighted by atomic mass is 19.3. The van der Waals surface area contributed by atoms with Crippen molar-refractivity contribution in [1.29, 1.82) is 0 Å². The van der Waals surface area contributed by atoms with Crippen LogP contribution in [0.5, 0.6) is 0 Å². The molecule has 3 atom stereocenters. The molecule has 3 aliphatic rings. The average Bonchev–Trinajstić information content (AvgIpc) is 3.59. The first kappa shape index (κ1) is 23.8. The lowest BCUT2D eigenvalue weighted by atomic mass is 9.94. The number of piperidine rings is 1. The van der Waals surface area contributed by atoms with E-state index in [0.29, 0.717) is 48.4 Å². The summed E-state index contributed by atoms with van der Waals surface area (Å²) in [4.78, 5) is 24.2. The quantitative estimate of drug-likeness (QED) is 0.590. The lowest BCUT2D eigenvalue weighted by molar-refractivity contribution is -0.106. The zero-order valence-electron chi connectivity index (χ0n) is 19.9. The minimum atomic E-state index is -2.76. The van der Waals surface area contributed by atoms with Gasteiger partial charge in [-0.15, -0.1) is 0 Å². The third-order valence-electron chi connectivity index (χ3n) is 7.31. The van der Waals surface area contributed by atoms with E-state index < -0.39 is 23.8 Å². The van der Waals surface area contributed by atoms with Gasteiger partial charge in [-0.2, -0.15) is 4.98 Å². The number of halogens is 3. The molecule has 1 N–H and O–H groups in total. The SMILES string of the molecule is CC1CCN(Cc2ccc([C@H](C)Nc3nccc(N4C(=O)OC[C@@H]4C4CC4)n3)cc2F)CC1(F)F. The highest BCUT2D eigenvalue weighted by Crippen LogP contribution is 2.39. The molecule has 10 heteroatoms. The zero-order valence-corrected chi connectivity index (χ0v) is 19.9. The number of benzene rings is 1. The van der Waals surface area contributed by atoms with Crippen molar-refractivity contribution in [3.63, 3.8) is 0 Å². The van der Waals surface area contributed by atoms with Gasteiger partial charge in [-0.25, -0.2) is 22.9 Å². The molecular formula is C25H30F3N5O2. The van der Waals surface area contributed by atoms with Crippen molar-refractivity contribution in [2.24, 2.45) is 11.8 Å². The van der Waals surface area contributed by atoms with E-state index in [1.807, 2.05) is 6.92 Å². The Balaban J connectivity index is 1.25. The van der Waals surface area contributed by atoms with E-state index in [4.69, 9.17) is 4.74 Å². The minimum absolute atomic E-state index is 0.00706. The maximum absolute atomic E-state index is 14.9. The van der Waals surface area contributed by atoms with Gasteiger partial charge >= 0.3 is 6.09 Å². The number of carbonyl (C=O) groups is 1. The highest BCUT2D eigenvalue weighted by molar-refractivity contribution is 5.89. The van der Waals surface area contributed by atoms with Crippen molar-refractivity contribution in [3.05, 3.63) is 47.4 Å². The van der Waals surface area contributed by atoms with Crippen LogP contribution in [-0.4, -0.2) is 52.6 Å². The largest absolute Gasteiger partial charge is 0.447 e. The number of carbonyl (C=O) groups excluding carboxylic acids is 1. The number of nitrogens with zero attached hydrogens (tertiary/aromatic N) is 4. The Hall–Kier alpha value is -2.88. The molecule has 2 saturated heterocycles. The summed E-state index contributed by atoms with van der Waals surface area (Å²) in [6.07, 6.45) is 3.71. The molecule has 1 aromatic carbocycles. The lowest BCUT2D eigenvalue weighted by Gasteiger charge is -2.36. The number of likely N-dealkylation sites (tertiary alicyclic amines) is 1. The number of hydrogen-bond acceptors (Lipinski definition) is 6. The van der Waals surface area contributed by atoms with E-state index in [1.165, 1.54) is 6.07 Å². The van der Waals surface area contributed by atoms with Gasteiger partial charge in [0.2, 0.25) is 5.95 Å². The normalized spacial score (nSPS) is 25.4. The second-order valence-electron chi connectivity index (χ2n) is 9.97. The van der Waals surface area contributed by atoms with Gasteiger partial charge in [0.25, 0.3) is 5.92 Å². The zero-order chi connectivity index (χ0) is 24.7. The van der Waals surface area contributed by atoms with Crippen LogP contribution in [0.3, 0.4) is 0 Å². The maximum Gasteiger partial charge on any atom is 0.415 e. The second kappa shape index (κ2) is 9.29. The third kappa shape index (κ3) is 5.07. The van der Waals surface area contributed by atoms with Crippen LogP contribution in [0.25, 0.3) is 0 Å². The molecule has 3 fully saturated rings. The van der Waals surface area contributed by atoms with Crippen LogP contribution in [0.2, 0.25) is 0 Å². The van der Waals surface area contributed by atoms with E-state index in [0.717, 1.165) is 12.8 Å². The number of ether oxygens (including phenoxy) is 1. The fourth-order valence-electron chi connectivity index (χ4n) is 4.81. The molecule has 2 aromatic rings. The summed E-state index contributed by atoms with van der Waals surface area (Å²) in [7, 11) is 0. The molecule has 1 amide bonds. The molecule has 0 radical (unpaired) electrons. The topological polar surface area (TPSA) is 70.6 Å². The van der Waals surface area contributed by atoms with Gasteiger partial charge in [-0.3, -0.25) is 9.80 Å². The van der Waals surface area contributed by atoms with Gasteiger partial charge in [0.05, 0.1) is 18.6 Å². The Morgan fingerprint density at radius 3 is 2.77 bits per heavy atom. The van der Waals surface area contributed by atoms with Crippen molar-refractivity contribution < 1.29 is 22.7 Å².